The number of carbonyl (C=O) groups excluding carboxylic acids is 1. The van der Waals surface area contributed by atoms with Crippen LogP contribution in [0.5, 0.6) is 5.75 Å². The second-order valence-corrected chi connectivity index (χ2v) is 6.41. The Balaban J connectivity index is 1.60. The first-order valence-electron chi connectivity index (χ1n) is 8.26. The predicted octanol–water partition coefficient (Wildman–Crippen LogP) is 3.43. The van der Waals surface area contributed by atoms with E-state index in [1.165, 1.54) is 10.7 Å². The van der Waals surface area contributed by atoms with Gasteiger partial charge in [0.25, 0.3) is 11.5 Å². The van der Waals surface area contributed by atoms with Gasteiger partial charge in [-0.15, -0.1) is 0 Å². The first-order chi connectivity index (χ1) is 12.9. The minimum atomic E-state index is -0.268. The van der Waals surface area contributed by atoms with E-state index in [-0.39, 0.29) is 18.1 Å². The van der Waals surface area contributed by atoms with E-state index in [4.69, 9.17) is 16.3 Å². The number of hydrogen-bond acceptors (Lipinski definition) is 4. The van der Waals surface area contributed by atoms with Gasteiger partial charge in [-0.05, 0) is 48.9 Å². The van der Waals surface area contributed by atoms with Gasteiger partial charge >= 0.3 is 0 Å². The lowest BCUT2D eigenvalue weighted by Gasteiger charge is -2.09. The fourth-order valence-electron chi connectivity index (χ4n) is 2.43. The van der Waals surface area contributed by atoms with Crippen LogP contribution in [0, 0.1) is 6.92 Å². The molecule has 0 radical (unpaired) electrons. The van der Waals surface area contributed by atoms with E-state index < -0.39 is 0 Å². The second-order valence-electron chi connectivity index (χ2n) is 6.01. The molecule has 1 amide bonds. The average molecular weight is 384 g/mol. The number of anilines is 1. The molecule has 1 aromatic heterocycles. The molecule has 7 heteroatoms. The maximum absolute atomic E-state index is 12.1. The normalized spacial score (nSPS) is 10.5. The van der Waals surface area contributed by atoms with Crippen LogP contribution in [-0.2, 0) is 11.8 Å². The van der Waals surface area contributed by atoms with Crippen molar-refractivity contribution in [3.8, 4) is 17.0 Å². The highest BCUT2D eigenvalue weighted by Gasteiger charge is 2.06. The van der Waals surface area contributed by atoms with E-state index in [1.54, 1.807) is 43.4 Å². The van der Waals surface area contributed by atoms with Gasteiger partial charge in [-0.3, -0.25) is 9.59 Å². The smallest absolute Gasteiger partial charge is 0.266 e. The molecule has 1 heterocycles. The number of aromatic nitrogens is 2. The van der Waals surface area contributed by atoms with Gasteiger partial charge in [0.05, 0.1) is 5.69 Å². The largest absolute Gasteiger partial charge is 0.484 e. The van der Waals surface area contributed by atoms with Gasteiger partial charge in [-0.2, -0.15) is 5.10 Å². The van der Waals surface area contributed by atoms with E-state index in [1.807, 2.05) is 19.1 Å². The lowest BCUT2D eigenvalue weighted by atomic mass is 10.1. The summed E-state index contributed by atoms with van der Waals surface area (Å²) in [4.78, 5) is 23.5. The SMILES string of the molecule is Cc1cc(OCC(=O)Nc2ccc(-c3ccc(=O)n(C)n3)cc2)ccc1Cl. The minimum Gasteiger partial charge on any atom is -0.484 e. The van der Waals surface area contributed by atoms with E-state index >= 15 is 0 Å². The highest BCUT2D eigenvalue weighted by atomic mass is 35.5. The van der Waals surface area contributed by atoms with Crippen molar-refractivity contribution < 1.29 is 9.53 Å². The van der Waals surface area contributed by atoms with Crippen LogP contribution >= 0.6 is 11.6 Å². The fourth-order valence-corrected chi connectivity index (χ4v) is 2.55. The molecule has 0 saturated heterocycles. The van der Waals surface area contributed by atoms with Crippen molar-refractivity contribution in [1.82, 2.24) is 9.78 Å². The van der Waals surface area contributed by atoms with Crippen LogP contribution in [0.15, 0.2) is 59.4 Å². The van der Waals surface area contributed by atoms with Crippen LogP contribution in [0.25, 0.3) is 11.3 Å². The van der Waals surface area contributed by atoms with Gasteiger partial charge in [-0.1, -0.05) is 23.7 Å². The molecule has 0 aliphatic carbocycles. The van der Waals surface area contributed by atoms with Crippen LogP contribution in [0.3, 0.4) is 0 Å². The third-order valence-corrected chi connectivity index (χ3v) is 4.35. The number of amides is 1. The Morgan fingerprint density at radius 2 is 1.89 bits per heavy atom. The monoisotopic (exact) mass is 383 g/mol. The number of halogens is 1. The number of rotatable bonds is 5. The highest BCUT2D eigenvalue weighted by molar-refractivity contribution is 6.31. The Hall–Kier alpha value is -3.12. The number of nitrogens with zero attached hydrogens (tertiary/aromatic N) is 2. The molecule has 0 spiro atoms. The number of ether oxygens (including phenoxy) is 1. The summed E-state index contributed by atoms with van der Waals surface area (Å²) in [6.07, 6.45) is 0. The topological polar surface area (TPSA) is 73.2 Å². The molecule has 0 aliphatic rings. The van der Waals surface area contributed by atoms with Crippen LogP contribution in [0.1, 0.15) is 5.56 Å². The summed E-state index contributed by atoms with van der Waals surface area (Å²) in [7, 11) is 1.60. The first-order valence-corrected chi connectivity index (χ1v) is 8.64. The van der Waals surface area contributed by atoms with Gasteiger partial charge in [0, 0.05) is 29.4 Å². The van der Waals surface area contributed by atoms with Crippen LogP contribution in [0.2, 0.25) is 5.02 Å². The molecule has 0 unspecified atom stereocenters. The van der Waals surface area contributed by atoms with Gasteiger partial charge in [0.1, 0.15) is 5.75 Å². The van der Waals surface area contributed by atoms with Crippen LogP contribution in [0.4, 0.5) is 5.69 Å². The Kier molecular flexibility index (Phi) is 5.57. The van der Waals surface area contributed by atoms with Crippen LogP contribution in [-0.4, -0.2) is 22.3 Å². The zero-order chi connectivity index (χ0) is 19.4. The van der Waals surface area contributed by atoms with Crippen molar-refractivity contribution in [2.75, 3.05) is 11.9 Å². The van der Waals surface area contributed by atoms with E-state index in [2.05, 4.69) is 10.4 Å². The van der Waals surface area contributed by atoms with Crippen molar-refractivity contribution in [3.05, 3.63) is 75.5 Å². The molecule has 0 bridgehead atoms. The number of hydrogen-bond donors (Lipinski definition) is 1. The molecule has 3 rings (SSSR count). The Morgan fingerprint density at radius 1 is 1.15 bits per heavy atom. The van der Waals surface area contributed by atoms with Crippen molar-refractivity contribution >= 4 is 23.2 Å². The summed E-state index contributed by atoms with van der Waals surface area (Å²) < 4.78 is 6.76. The average Bonchev–Trinajstić information content (AvgIpc) is 2.65. The molecule has 0 fully saturated rings. The third kappa shape index (κ3) is 4.74. The Morgan fingerprint density at radius 3 is 2.56 bits per heavy atom. The Labute approximate surface area is 161 Å². The summed E-state index contributed by atoms with van der Waals surface area (Å²) in [5.74, 6) is 0.318. The molecule has 0 atom stereocenters. The standard InChI is InChI=1S/C20H18ClN3O3/c1-13-11-16(7-8-17(13)21)27-12-19(25)22-15-5-3-14(4-6-15)18-9-10-20(26)24(2)23-18/h3-11H,12H2,1-2H3,(H,22,25). The summed E-state index contributed by atoms with van der Waals surface area (Å²) in [5.41, 5.74) is 2.88. The number of benzene rings is 2. The lowest BCUT2D eigenvalue weighted by molar-refractivity contribution is -0.118. The summed E-state index contributed by atoms with van der Waals surface area (Å²) in [6, 6.07) is 15.6. The lowest BCUT2D eigenvalue weighted by Crippen LogP contribution is -2.20. The zero-order valence-electron chi connectivity index (χ0n) is 14.9. The molecular formula is C20H18ClN3O3. The predicted molar refractivity (Wildman–Crippen MR) is 105 cm³/mol. The van der Waals surface area contributed by atoms with E-state index in [0.29, 0.717) is 22.2 Å². The van der Waals surface area contributed by atoms with E-state index in [9.17, 15) is 9.59 Å². The summed E-state index contributed by atoms with van der Waals surface area (Å²) in [5, 5.41) is 7.62. The molecule has 138 valence electrons. The first kappa shape index (κ1) is 18.7. The summed E-state index contributed by atoms with van der Waals surface area (Å²) >= 11 is 5.97. The third-order valence-electron chi connectivity index (χ3n) is 3.92. The molecule has 1 N–H and O–H groups in total. The molecular weight excluding hydrogens is 366 g/mol. The van der Waals surface area contributed by atoms with Gasteiger partial charge in [0.15, 0.2) is 6.61 Å². The number of nitrogens with one attached hydrogen (secondary N) is 1. The molecule has 0 saturated carbocycles. The van der Waals surface area contributed by atoms with Crippen molar-refractivity contribution in [3.63, 3.8) is 0 Å². The maximum atomic E-state index is 12.1. The minimum absolute atomic E-state index is 0.106. The van der Waals surface area contributed by atoms with Gasteiger partial charge in [0.2, 0.25) is 0 Å². The summed E-state index contributed by atoms with van der Waals surface area (Å²) in [6.45, 7) is 1.77. The van der Waals surface area contributed by atoms with Gasteiger partial charge in [-0.25, -0.2) is 4.68 Å². The second kappa shape index (κ2) is 8.05. The fraction of sp³-hybridized carbons (Fsp3) is 0.150. The molecule has 27 heavy (non-hydrogen) atoms. The van der Waals surface area contributed by atoms with Crippen molar-refractivity contribution in [2.24, 2.45) is 7.05 Å². The van der Waals surface area contributed by atoms with Gasteiger partial charge < -0.3 is 10.1 Å². The Bertz CT molecular complexity index is 1030. The van der Waals surface area contributed by atoms with E-state index in [0.717, 1.165) is 11.1 Å². The number of carbonyl (C=O) groups is 1. The van der Waals surface area contributed by atoms with Crippen LogP contribution < -0.4 is 15.6 Å². The zero-order valence-corrected chi connectivity index (χ0v) is 15.7. The molecule has 3 aromatic rings. The molecule has 2 aromatic carbocycles. The molecule has 6 nitrogen and oxygen atoms in total. The highest BCUT2D eigenvalue weighted by Crippen LogP contribution is 2.21. The molecule has 0 aliphatic heterocycles. The maximum Gasteiger partial charge on any atom is 0.266 e. The van der Waals surface area contributed by atoms with Crippen molar-refractivity contribution in [2.45, 2.75) is 6.92 Å². The number of aryl methyl sites for hydroxylation is 2. The quantitative estimate of drug-likeness (QED) is 0.732. The van der Waals surface area contributed by atoms with Crippen molar-refractivity contribution in [1.29, 1.82) is 0 Å².